The molecule has 1 unspecified atom stereocenters. The quantitative estimate of drug-likeness (QED) is 0.940. The number of nitriles is 1. The topological polar surface area (TPSA) is 61.6 Å². The lowest BCUT2D eigenvalue weighted by atomic mass is 10.1. The summed E-state index contributed by atoms with van der Waals surface area (Å²) in [5.74, 6) is 0. The van der Waals surface area contributed by atoms with E-state index in [0.717, 1.165) is 21.5 Å². The number of anilines is 1. The molecule has 2 rings (SSSR count). The van der Waals surface area contributed by atoms with Crippen LogP contribution in [0.1, 0.15) is 29.9 Å². The summed E-state index contributed by atoms with van der Waals surface area (Å²) >= 11 is 3.46. The second kappa shape index (κ2) is 5.81. The van der Waals surface area contributed by atoms with Gasteiger partial charge in [-0.25, -0.2) is 0 Å². The van der Waals surface area contributed by atoms with Crippen LogP contribution < -0.4 is 5.32 Å². The number of aromatic nitrogens is 2. The van der Waals surface area contributed by atoms with E-state index < -0.39 is 0 Å². The normalized spacial score (nSPS) is 11.7. The highest BCUT2D eigenvalue weighted by molar-refractivity contribution is 9.10. The van der Waals surface area contributed by atoms with E-state index in [1.807, 2.05) is 19.9 Å². The molecule has 19 heavy (non-hydrogen) atoms. The van der Waals surface area contributed by atoms with E-state index >= 15 is 0 Å². The van der Waals surface area contributed by atoms with Gasteiger partial charge in [0.2, 0.25) is 0 Å². The van der Waals surface area contributed by atoms with Gasteiger partial charge in [-0.05, 0) is 48.0 Å². The average molecular weight is 317 g/mol. The molecule has 1 atom stereocenters. The third kappa shape index (κ3) is 3.09. The van der Waals surface area contributed by atoms with Crippen molar-refractivity contribution in [3.8, 4) is 6.07 Å². The van der Waals surface area contributed by atoms with E-state index in [2.05, 4.69) is 37.3 Å². The maximum atomic E-state index is 8.84. The van der Waals surface area contributed by atoms with Gasteiger partial charge in [-0.1, -0.05) is 0 Å². The first-order valence-electron chi connectivity index (χ1n) is 5.85. The zero-order valence-corrected chi connectivity index (χ0v) is 12.3. The van der Waals surface area contributed by atoms with E-state index in [4.69, 9.17) is 5.26 Å². The largest absolute Gasteiger partial charge is 0.376 e. The fourth-order valence-corrected chi connectivity index (χ4v) is 2.34. The van der Waals surface area contributed by atoms with Gasteiger partial charge < -0.3 is 5.32 Å². The maximum Gasteiger partial charge on any atom is 0.0992 e. The van der Waals surface area contributed by atoms with Gasteiger partial charge in [0, 0.05) is 22.6 Å². The number of aryl methyl sites for hydroxylation is 1. The molecule has 0 amide bonds. The first-order chi connectivity index (χ1) is 9.11. The first-order valence-corrected chi connectivity index (χ1v) is 6.65. The Hall–Kier alpha value is -1.93. The maximum absolute atomic E-state index is 8.84. The van der Waals surface area contributed by atoms with Gasteiger partial charge >= 0.3 is 0 Å². The summed E-state index contributed by atoms with van der Waals surface area (Å²) in [4.78, 5) is 8.58. The van der Waals surface area contributed by atoms with Crippen LogP contribution in [0.25, 0.3) is 0 Å². The van der Waals surface area contributed by atoms with E-state index in [1.165, 1.54) is 0 Å². The van der Waals surface area contributed by atoms with Crippen molar-refractivity contribution in [2.24, 2.45) is 0 Å². The minimum Gasteiger partial charge on any atom is -0.376 e. The molecule has 2 aromatic rings. The zero-order chi connectivity index (χ0) is 13.8. The second-order valence-corrected chi connectivity index (χ2v) is 5.05. The molecule has 0 fully saturated rings. The molecule has 0 bridgehead atoms. The van der Waals surface area contributed by atoms with Crippen LogP contribution in [0.2, 0.25) is 0 Å². The summed E-state index contributed by atoms with van der Waals surface area (Å²) in [5, 5.41) is 12.2. The lowest BCUT2D eigenvalue weighted by Gasteiger charge is -2.17. The average Bonchev–Trinajstić information content (AvgIpc) is 2.41. The Morgan fingerprint density at radius 3 is 2.68 bits per heavy atom. The predicted molar refractivity (Wildman–Crippen MR) is 77.7 cm³/mol. The zero-order valence-electron chi connectivity index (χ0n) is 10.7. The summed E-state index contributed by atoms with van der Waals surface area (Å²) < 4.78 is 0.861. The number of nitrogens with one attached hydrogen (secondary N) is 1. The Bertz CT molecular complexity index is 634. The number of rotatable bonds is 3. The standard InChI is InChI=1S/C14H13BrN4/c1-9-14(18-6-5-17-9)10(2)19-13-4-3-11(8-16)7-12(13)15/h3-7,10,19H,1-2H3. The fourth-order valence-electron chi connectivity index (χ4n) is 1.85. The molecular weight excluding hydrogens is 304 g/mol. The minimum atomic E-state index is 0.0398. The van der Waals surface area contributed by atoms with Crippen molar-refractivity contribution in [1.29, 1.82) is 5.26 Å². The molecule has 1 N–H and O–H groups in total. The summed E-state index contributed by atoms with van der Waals surface area (Å²) in [6.45, 7) is 3.97. The van der Waals surface area contributed by atoms with Gasteiger partial charge in [-0.2, -0.15) is 5.26 Å². The van der Waals surface area contributed by atoms with Crippen molar-refractivity contribution in [2.75, 3.05) is 5.32 Å². The molecule has 0 aliphatic heterocycles. The SMILES string of the molecule is Cc1nccnc1C(C)Nc1ccc(C#N)cc1Br. The van der Waals surface area contributed by atoms with E-state index in [-0.39, 0.29) is 6.04 Å². The monoisotopic (exact) mass is 316 g/mol. The number of nitrogens with zero attached hydrogens (tertiary/aromatic N) is 3. The van der Waals surface area contributed by atoms with Crippen LogP contribution in [0.15, 0.2) is 35.1 Å². The highest BCUT2D eigenvalue weighted by Gasteiger charge is 2.11. The van der Waals surface area contributed by atoms with Crippen molar-refractivity contribution < 1.29 is 0 Å². The van der Waals surface area contributed by atoms with Gasteiger partial charge in [-0.3, -0.25) is 9.97 Å². The molecule has 0 radical (unpaired) electrons. The lowest BCUT2D eigenvalue weighted by molar-refractivity contribution is 0.809. The Kier molecular flexibility index (Phi) is 4.13. The van der Waals surface area contributed by atoms with Crippen LogP contribution in [-0.4, -0.2) is 9.97 Å². The molecule has 1 aromatic carbocycles. The van der Waals surface area contributed by atoms with Crippen LogP contribution in [0, 0.1) is 18.3 Å². The number of halogens is 1. The molecule has 4 nitrogen and oxygen atoms in total. The molecule has 0 saturated heterocycles. The summed E-state index contributed by atoms with van der Waals surface area (Å²) in [7, 11) is 0. The number of hydrogen-bond acceptors (Lipinski definition) is 4. The van der Waals surface area contributed by atoms with Crippen LogP contribution in [0.5, 0.6) is 0 Å². The Balaban J connectivity index is 2.22. The molecule has 0 spiro atoms. The number of benzene rings is 1. The van der Waals surface area contributed by atoms with Crippen LogP contribution in [0.4, 0.5) is 5.69 Å². The third-order valence-electron chi connectivity index (χ3n) is 2.80. The van der Waals surface area contributed by atoms with Gasteiger partial charge in [0.15, 0.2) is 0 Å². The summed E-state index contributed by atoms with van der Waals surface area (Å²) in [5.41, 5.74) is 3.38. The highest BCUT2D eigenvalue weighted by atomic mass is 79.9. The number of hydrogen-bond donors (Lipinski definition) is 1. The van der Waals surface area contributed by atoms with Crippen molar-refractivity contribution in [3.63, 3.8) is 0 Å². The van der Waals surface area contributed by atoms with Crippen LogP contribution in [-0.2, 0) is 0 Å². The van der Waals surface area contributed by atoms with Gasteiger partial charge in [0.1, 0.15) is 0 Å². The van der Waals surface area contributed by atoms with Crippen molar-refractivity contribution in [1.82, 2.24) is 9.97 Å². The highest BCUT2D eigenvalue weighted by Crippen LogP contribution is 2.27. The van der Waals surface area contributed by atoms with E-state index in [0.29, 0.717) is 5.56 Å². The van der Waals surface area contributed by atoms with Gasteiger partial charge in [0.05, 0.1) is 29.1 Å². The first kappa shape index (κ1) is 13.5. The predicted octanol–water partition coefficient (Wildman–Crippen LogP) is 3.59. The Labute approximate surface area is 120 Å². The third-order valence-corrected chi connectivity index (χ3v) is 3.46. The smallest absolute Gasteiger partial charge is 0.0992 e. The molecule has 0 aliphatic carbocycles. The molecule has 0 saturated carbocycles. The molecule has 1 heterocycles. The Morgan fingerprint density at radius 2 is 2.05 bits per heavy atom. The van der Waals surface area contributed by atoms with Gasteiger partial charge in [-0.15, -0.1) is 0 Å². The molecule has 0 aliphatic rings. The lowest BCUT2D eigenvalue weighted by Crippen LogP contribution is -2.11. The van der Waals surface area contributed by atoms with Gasteiger partial charge in [0.25, 0.3) is 0 Å². The molecule has 5 heteroatoms. The van der Waals surface area contributed by atoms with Crippen LogP contribution >= 0.6 is 15.9 Å². The van der Waals surface area contributed by atoms with E-state index in [1.54, 1.807) is 24.5 Å². The van der Waals surface area contributed by atoms with Crippen LogP contribution in [0.3, 0.4) is 0 Å². The van der Waals surface area contributed by atoms with Crippen molar-refractivity contribution in [2.45, 2.75) is 19.9 Å². The summed E-state index contributed by atoms with van der Waals surface area (Å²) in [6.07, 6.45) is 3.37. The molecule has 96 valence electrons. The summed E-state index contributed by atoms with van der Waals surface area (Å²) in [6, 6.07) is 7.60. The molecular formula is C14H13BrN4. The van der Waals surface area contributed by atoms with Crippen molar-refractivity contribution >= 4 is 21.6 Å². The van der Waals surface area contributed by atoms with E-state index in [9.17, 15) is 0 Å². The minimum absolute atomic E-state index is 0.0398. The Morgan fingerprint density at radius 1 is 1.32 bits per heavy atom. The molecule has 1 aromatic heterocycles. The fraction of sp³-hybridized carbons (Fsp3) is 0.214. The van der Waals surface area contributed by atoms with Crippen molar-refractivity contribution in [3.05, 3.63) is 52.0 Å². The second-order valence-electron chi connectivity index (χ2n) is 4.20.